The lowest BCUT2D eigenvalue weighted by molar-refractivity contribution is 0.0635. The maximum absolute atomic E-state index is 12.4. The number of sulfonamides is 1. The van der Waals surface area contributed by atoms with Crippen LogP contribution in [0.4, 0.5) is 0 Å². The van der Waals surface area contributed by atoms with Gasteiger partial charge in [-0.25, -0.2) is 13.1 Å². The van der Waals surface area contributed by atoms with Crippen LogP contribution in [-0.4, -0.2) is 37.0 Å². The van der Waals surface area contributed by atoms with E-state index in [1.54, 1.807) is 0 Å². The van der Waals surface area contributed by atoms with Crippen molar-refractivity contribution in [2.75, 3.05) is 13.2 Å². The van der Waals surface area contributed by atoms with Gasteiger partial charge >= 0.3 is 0 Å². The minimum atomic E-state index is -3.42. The molecule has 3 heterocycles. The second kappa shape index (κ2) is 6.45. The third kappa shape index (κ3) is 3.37. The number of thiophene rings is 1. The monoisotopic (exact) mass is 343 g/mol. The maximum Gasteiger partial charge on any atom is 0.268 e. The SMILES string of the molecule is C[C@@H]1COCC[C@H]1S(=O)(=O)NCc1noc(-c2cccs2)n1. The third-order valence-corrected chi connectivity index (χ3v) is 6.49. The fourth-order valence-electron chi connectivity index (χ4n) is 2.42. The van der Waals surface area contributed by atoms with Gasteiger partial charge in [0.25, 0.3) is 5.89 Å². The van der Waals surface area contributed by atoms with E-state index in [2.05, 4.69) is 14.9 Å². The summed E-state index contributed by atoms with van der Waals surface area (Å²) in [6, 6.07) is 3.76. The summed E-state index contributed by atoms with van der Waals surface area (Å²) in [5, 5.41) is 5.28. The molecule has 9 heteroatoms. The van der Waals surface area contributed by atoms with E-state index in [0.29, 0.717) is 31.3 Å². The van der Waals surface area contributed by atoms with E-state index >= 15 is 0 Å². The standard InChI is InChI=1S/C13H17N3O4S2/c1-9-8-19-5-4-11(9)22(17,18)14-7-12-15-13(20-16-12)10-3-2-6-21-10/h2-3,6,9,11,14H,4-5,7-8H2,1H3/t9-,11-/m1/s1. The van der Waals surface area contributed by atoms with Crippen LogP contribution in [0.5, 0.6) is 0 Å². The molecule has 0 bridgehead atoms. The summed E-state index contributed by atoms with van der Waals surface area (Å²) in [6.45, 7) is 2.85. The highest BCUT2D eigenvalue weighted by molar-refractivity contribution is 7.90. The van der Waals surface area contributed by atoms with Crippen LogP contribution in [0.1, 0.15) is 19.2 Å². The Morgan fingerprint density at radius 3 is 3.09 bits per heavy atom. The molecule has 2 atom stereocenters. The highest BCUT2D eigenvalue weighted by Crippen LogP contribution is 2.23. The highest BCUT2D eigenvalue weighted by atomic mass is 32.2. The Balaban J connectivity index is 1.64. The molecule has 1 saturated heterocycles. The molecule has 1 N–H and O–H groups in total. The van der Waals surface area contributed by atoms with E-state index in [-0.39, 0.29) is 12.5 Å². The van der Waals surface area contributed by atoms with Crippen molar-refractivity contribution in [1.82, 2.24) is 14.9 Å². The van der Waals surface area contributed by atoms with Crippen LogP contribution in [0.2, 0.25) is 0 Å². The number of nitrogens with zero attached hydrogens (tertiary/aromatic N) is 2. The van der Waals surface area contributed by atoms with Crippen LogP contribution in [0.25, 0.3) is 10.8 Å². The molecule has 0 radical (unpaired) electrons. The number of hydrogen-bond donors (Lipinski definition) is 1. The molecule has 0 unspecified atom stereocenters. The van der Waals surface area contributed by atoms with Crippen LogP contribution >= 0.6 is 11.3 Å². The number of ether oxygens (including phenoxy) is 1. The predicted molar refractivity (Wildman–Crippen MR) is 81.8 cm³/mol. The van der Waals surface area contributed by atoms with E-state index in [0.717, 1.165) is 4.88 Å². The molecule has 0 spiro atoms. The first-order chi connectivity index (χ1) is 10.6. The predicted octanol–water partition coefficient (Wildman–Crippen LogP) is 1.64. The minimum Gasteiger partial charge on any atom is -0.381 e. The van der Waals surface area contributed by atoms with Gasteiger partial charge in [0.15, 0.2) is 5.82 Å². The van der Waals surface area contributed by atoms with Crippen molar-refractivity contribution in [1.29, 1.82) is 0 Å². The normalized spacial score (nSPS) is 22.8. The van der Waals surface area contributed by atoms with Gasteiger partial charge in [0.05, 0.1) is 23.3 Å². The third-order valence-electron chi connectivity index (χ3n) is 3.59. The fraction of sp³-hybridized carbons (Fsp3) is 0.538. The summed E-state index contributed by atoms with van der Waals surface area (Å²) in [6.07, 6.45) is 0.503. The van der Waals surface area contributed by atoms with Crippen LogP contribution in [-0.2, 0) is 21.3 Å². The first kappa shape index (κ1) is 15.6. The van der Waals surface area contributed by atoms with Crippen molar-refractivity contribution < 1.29 is 17.7 Å². The summed E-state index contributed by atoms with van der Waals surface area (Å²) in [5.41, 5.74) is 0. The lowest BCUT2D eigenvalue weighted by atomic mass is 10.0. The molecule has 3 rings (SSSR count). The summed E-state index contributed by atoms with van der Waals surface area (Å²) < 4.78 is 37.7. The molecule has 0 amide bonds. The van der Waals surface area contributed by atoms with Gasteiger partial charge in [0.1, 0.15) is 0 Å². The summed E-state index contributed by atoms with van der Waals surface area (Å²) in [4.78, 5) is 5.06. The van der Waals surface area contributed by atoms with E-state index in [1.807, 2.05) is 24.4 Å². The minimum absolute atomic E-state index is 0.0291. The van der Waals surface area contributed by atoms with Gasteiger partial charge in [-0.15, -0.1) is 11.3 Å². The second-order valence-electron chi connectivity index (χ2n) is 5.24. The number of rotatable bonds is 5. The van der Waals surface area contributed by atoms with E-state index < -0.39 is 15.3 Å². The Bertz CT molecular complexity index is 711. The van der Waals surface area contributed by atoms with E-state index in [4.69, 9.17) is 9.26 Å². The molecular formula is C13H17N3O4S2. The largest absolute Gasteiger partial charge is 0.381 e. The lowest BCUT2D eigenvalue weighted by Crippen LogP contribution is -2.42. The van der Waals surface area contributed by atoms with Crippen molar-refractivity contribution in [2.45, 2.75) is 25.1 Å². The van der Waals surface area contributed by atoms with Crippen molar-refractivity contribution in [3.8, 4) is 10.8 Å². The topological polar surface area (TPSA) is 94.3 Å². The number of hydrogen-bond acceptors (Lipinski definition) is 7. The lowest BCUT2D eigenvalue weighted by Gasteiger charge is -2.28. The zero-order chi connectivity index (χ0) is 15.6. The molecular weight excluding hydrogens is 326 g/mol. The Labute approximate surface area is 132 Å². The Kier molecular flexibility index (Phi) is 4.57. The molecule has 1 aliphatic heterocycles. The molecule has 0 aliphatic carbocycles. The summed E-state index contributed by atoms with van der Waals surface area (Å²) >= 11 is 1.49. The molecule has 0 aromatic carbocycles. The van der Waals surface area contributed by atoms with Gasteiger partial charge in [0.2, 0.25) is 10.0 Å². The van der Waals surface area contributed by atoms with Gasteiger partial charge in [0, 0.05) is 6.61 Å². The van der Waals surface area contributed by atoms with Crippen molar-refractivity contribution >= 4 is 21.4 Å². The first-order valence-electron chi connectivity index (χ1n) is 6.99. The molecule has 0 saturated carbocycles. The smallest absolute Gasteiger partial charge is 0.268 e. The summed E-state index contributed by atoms with van der Waals surface area (Å²) in [5.74, 6) is 0.702. The number of nitrogens with one attached hydrogen (secondary N) is 1. The molecule has 2 aromatic heterocycles. The van der Waals surface area contributed by atoms with Gasteiger partial charge in [-0.2, -0.15) is 4.98 Å². The molecule has 2 aromatic rings. The Morgan fingerprint density at radius 2 is 2.36 bits per heavy atom. The van der Waals surface area contributed by atoms with E-state index in [9.17, 15) is 8.42 Å². The second-order valence-corrected chi connectivity index (χ2v) is 8.17. The van der Waals surface area contributed by atoms with Gasteiger partial charge in [-0.05, 0) is 23.8 Å². The molecule has 1 aliphatic rings. The van der Waals surface area contributed by atoms with Crippen LogP contribution in [0.15, 0.2) is 22.0 Å². The van der Waals surface area contributed by atoms with Gasteiger partial charge in [-0.1, -0.05) is 18.1 Å². The molecule has 1 fully saturated rings. The molecule has 7 nitrogen and oxygen atoms in total. The van der Waals surface area contributed by atoms with Crippen LogP contribution < -0.4 is 4.72 Å². The van der Waals surface area contributed by atoms with Gasteiger partial charge < -0.3 is 9.26 Å². The van der Waals surface area contributed by atoms with Crippen molar-refractivity contribution in [3.63, 3.8) is 0 Å². The summed E-state index contributed by atoms with van der Waals surface area (Å²) in [7, 11) is -3.42. The average molecular weight is 343 g/mol. The maximum atomic E-state index is 12.4. The average Bonchev–Trinajstić information content (AvgIpc) is 3.17. The van der Waals surface area contributed by atoms with Crippen molar-refractivity contribution in [2.24, 2.45) is 5.92 Å². The van der Waals surface area contributed by atoms with Crippen LogP contribution in [0.3, 0.4) is 0 Å². The fourth-order valence-corrected chi connectivity index (χ4v) is 4.71. The quantitative estimate of drug-likeness (QED) is 0.887. The van der Waals surface area contributed by atoms with E-state index in [1.165, 1.54) is 11.3 Å². The molecule has 120 valence electrons. The molecule has 22 heavy (non-hydrogen) atoms. The Hall–Kier alpha value is -1.29. The highest BCUT2D eigenvalue weighted by Gasteiger charge is 2.33. The van der Waals surface area contributed by atoms with Gasteiger partial charge in [-0.3, -0.25) is 0 Å². The zero-order valence-electron chi connectivity index (χ0n) is 12.1. The van der Waals surface area contributed by atoms with Crippen LogP contribution in [0, 0.1) is 5.92 Å². The first-order valence-corrected chi connectivity index (χ1v) is 9.41. The Morgan fingerprint density at radius 1 is 1.50 bits per heavy atom. The number of aromatic nitrogens is 2. The zero-order valence-corrected chi connectivity index (χ0v) is 13.7. The van der Waals surface area contributed by atoms with Crippen molar-refractivity contribution in [3.05, 3.63) is 23.3 Å².